The highest BCUT2D eigenvalue weighted by atomic mass is 35.5. The third kappa shape index (κ3) is 15.4. The molecule has 0 aliphatic carbocycles. The van der Waals surface area contributed by atoms with Crippen molar-refractivity contribution in [3.63, 3.8) is 0 Å². The first-order chi connectivity index (χ1) is 36.0. The van der Waals surface area contributed by atoms with Gasteiger partial charge in [-0.2, -0.15) is 10.2 Å². The van der Waals surface area contributed by atoms with Crippen LogP contribution in [0.4, 0.5) is 4.79 Å². The number of rotatable bonds is 12. The van der Waals surface area contributed by atoms with Gasteiger partial charge in [0.15, 0.2) is 11.5 Å². The normalized spacial score (nSPS) is 19.5. The molecule has 0 saturated carbocycles. The van der Waals surface area contributed by atoms with Crippen LogP contribution in [0.1, 0.15) is 90.5 Å². The number of likely N-dealkylation sites (tertiary alicyclic amines) is 1. The number of nitrogens with zero attached hydrogens (tertiary/aromatic N) is 5. The van der Waals surface area contributed by atoms with Gasteiger partial charge in [-0.25, -0.2) is 4.79 Å². The number of carbonyl (C=O) groups is 3. The fourth-order valence-electron chi connectivity index (χ4n) is 9.12. The van der Waals surface area contributed by atoms with E-state index in [9.17, 15) is 24.6 Å². The van der Waals surface area contributed by atoms with E-state index in [4.69, 9.17) is 130 Å². The summed E-state index contributed by atoms with van der Waals surface area (Å²) in [5.41, 5.74) is 3.02. The van der Waals surface area contributed by atoms with Crippen LogP contribution in [0.5, 0.6) is 0 Å². The Morgan fingerprint density at radius 3 is 1.57 bits per heavy atom. The van der Waals surface area contributed by atoms with Crippen LogP contribution in [0.15, 0.2) is 69.8 Å². The number of nitrogens with one attached hydrogen (secondary N) is 3. The highest BCUT2D eigenvalue weighted by Crippen LogP contribution is 2.40. The van der Waals surface area contributed by atoms with Crippen molar-refractivity contribution in [3.05, 3.63) is 124 Å². The number of amides is 3. The van der Waals surface area contributed by atoms with E-state index in [0.29, 0.717) is 84.9 Å². The number of furan rings is 2. The Bertz CT molecular complexity index is 2940. The van der Waals surface area contributed by atoms with E-state index < -0.39 is 29.6 Å². The number of aliphatic hydroxyl groups is 2. The number of piperidine rings is 2. The third-order valence-corrected chi connectivity index (χ3v) is 15.2. The summed E-state index contributed by atoms with van der Waals surface area (Å²) in [5.74, 6) is -1.22. The maximum absolute atomic E-state index is 13.5. The summed E-state index contributed by atoms with van der Waals surface area (Å²) < 4.78 is 19.9. The van der Waals surface area contributed by atoms with Crippen molar-refractivity contribution in [2.75, 3.05) is 31.6 Å². The average Bonchev–Trinajstić information content (AvgIpc) is 4.12. The van der Waals surface area contributed by atoms with E-state index in [-0.39, 0.29) is 77.0 Å². The molecule has 8 rings (SSSR count). The third-order valence-electron chi connectivity index (χ3n) is 12.6. The van der Waals surface area contributed by atoms with E-state index in [1.807, 2.05) is 18.2 Å². The van der Waals surface area contributed by atoms with Gasteiger partial charge in [-0.3, -0.25) is 19.0 Å². The number of aryl methyl sites for hydroxylation is 2. The van der Waals surface area contributed by atoms with Crippen molar-refractivity contribution in [2.45, 2.75) is 88.1 Å². The number of ether oxygens (including phenoxy) is 1. The van der Waals surface area contributed by atoms with Gasteiger partial charge in [0.25, 0.3) is 11.8 Å². The number of carbonyl (C=O) groups excluding carboxylic acids is 3. The van der Waals surface area contributed by atoms with Crippen LogP contribution >= 0.6 is 116 Å². The Morgan fingerprint density at radius 2 is 1.14 bits per heavy atom. The number of benzene rings is 2. The van der Waals surface area contributed by atoms with Gasteiger partial charge in [-0.05, 0) is 105 Å². The Morgan fingerprint density at radius 1 is 0.684 bits per heavy atom. The molecule has 2 aliphatic heterocycles. The maximum atomic E-state index is 13.5. The number of hydrogen-bond acceptors (Lipinski definition) is 11. The molecule has 6 aromatic rings. The van der Waals surface area contributed by atoms with Crippen LogP contribution in [0.25, 0.3) is 22.5 Å². The number of hydrogen-bond donors (Lipinski definition) is 5. The summed E-state index contributed by atoms with van der Waals surface area (Å²) in [6, 6.07) is 12.8. The molecule has 16 nitrogen and oxygen atoms in total. The molecule has 0 radical (unpaired) electrons. The lowest BCUT2D eigenvalue weighted by atomic mass is 9.81. The molecule has 6 heterocycles. The lowest BCUT2D eigenvalue weighted by molar-refractivity contribution is 0.0000154. The summed E-state index contributed by atoms with van der Waals surface area (Å²) >= 11 is 59.5. The van der Waals surface area contributed by atoms with Crippen LogP contribution in [-0.2, 0) is 18.8 Å². The molecule has 2 unspecified atom stereocenters. The molecular weight excluding hydrogens is 1200 g/mol. The summed E-state index contributed by atoms with van der Waals surface area (Å²) in [7, 11) is 3.42. The van der Waals surface area contributed by atoms with Crippen LogP contribution in [0.2, 0.25) is 40.6 Å². The molecule has 6 atom stereocenters. The van der Waals surface area contributed by atoms with Crippen molar-refractivity contribution in [3.8, 4) is 22.5 Å². The van der Waals surface area contributed by atoms with E-state index in [0.717, 1.165) is 11.1 Å². The molecule has 2 saturated heterocycles. The van der Waals surface area contributed by atoms with Gasteiger partial charge in [0.05, 0.1) is 76.4 Å². The van der Waals surface area contributed by atoms with E-state index in [1.165, 1.54) is 23.1 Å². The zero-order chi connectivity index (χ0) is 55.8. The Kier molecular flexibility index (Phi) is 22.3. The molecule has 76 heavy (non-hydrogen) atoms. The zero-order valence-corrected chi connectivity index (χ0v) is 49.0. The number of alkyl halides is 2. The summed E-state index contributed by atoms with van der Waals surface area (Å²) in [5, 5.41) is 39.5. The topological polar surface area (TPSA) is 202 Å². The largest absolute Gasteiger partial charge is 0.444 e. The highest BCUT2D eigenvalue weighted by molar-refractivity contribution is 6.42. The molecule has 0 bridgehead atoms. The van der Waals surface area contributed by atoms with Gasteiger partial charge in [-0.15, -0.1) is 23.2 Å². The van der Waals surface area contributed by atoms with Crippen molar-refractivity contribution in [1.29, 1.82) is 0 Å². The van der Waals surface area contributed by atoms with Gasteiger partial charge in [0.2, 0.25) is 10.4 Å². The minimum atomic E-state index is -0.728. The second kappa shape index (κ2) is 27.5. The second-order valence-corrected chi connectivity index (χ2v) is 22.7. The molecule has 26 heteroatoms. The SMILES string of the molecule is ClCCl.Cn1ncc(Cl)c1-c1cc(C(=O)N[C@@H]2CN(C(=O)OC(C)(C)C)C(CCO)C[C@H]2c2ccc(Cl)c(Cl)c2)oc1Cl.Cn1ncc(Cl)c1-c1cc(C(=O)N[C@@H]2CNC(CCO)C[C@H]2c2ccc(Cl)c(Cl)c2)oc1Cl. The first-order valence-corrected chi connectivity index (χ1v) is 27.6. The zero-order valence-electron chi connectivity index (χ0n) is 41.5. The molecule has 0 spiro atoms. The fourth-order valence-corrected chi connectivity index (χ4v) is 10.7. The maximum Gasteiger partial charge on any atom is 0.410 e. The Labute approximate surface area is 489 Å². The first-order valence-electron chi connectivity index (χ1n) is 23.5. The van der Waals surface area contributed by atoms with Gasteiger partial charge in [0.1, 0.15) is 5.60 Å². The summed E-state index contributed by atoms with van der Waals surface area (Å²) in [6.45, 7) is 5.91. The Balaban J connectivity index is 0.000000238. The van der Waals surface area contributed by atoms with E-state index >= 15 is 0 Å². The van der Waals surface area contributed by atoms with Crippen molar-refractivity contribution >= 4 is 134 Å². The fraction of sp³-hybridized carbons (Fsp3) is 0.420. The highest BCUT2D eigenvalue weighted by Gasteiger charge is 2.42. The van der Waals surface area contributed by atoms with Crippen LogP contribution in [0, 0.1) is 0 Å². The van der Waals surface area contributed by atoms with Gasteiger partial charge in [-0.1, -0.05) is 81.7 Å². The van der Waals surface area contributed by atoms with Crippen LogP contribution < -0.4 is 16.0 Å². The smallest absolute Gasteiger partial charge is 0.410 e. The van der Waals surface area contributed by atoms with Crippen molar-refractivity contribution < 1.29 is 38.2 Å². The van der Waals surface area contributed by atoms with Crippen LogP contribution in [0.3, 0.4) is 0 Å². The average molecular weight is 1250 g/mol. The van der Waals surface area contributed by atoms with Gasteiger partial charge >= 0.3 is 6.09 Å². The van der Waals surface area contributed by atoms with Crippen LogP contribution in [-0.4, -0.2) is 114 Å². The molecule has 2 fully saturated rings. The molecule has 3 amide bonds. The lowest BCUT2D eigenvalue weighted by Gasteiger charge is -2.44. The van der Waals surface area contributed by atoms with E-state index in [2.05, 4.69) is 26.1 Å². The number of aromatic nitrogens is 4. The molecule has 2 aromatic carbocycles. The first kappa shape index (κ1) is 61.6. The molecule has 4 aromatic heterocycles. The minimum absolute atomic E-state index is 0.0151. The summed E-state index contributed by atoms with van der Waals surface area (Å²) in [4.78, 5) is 41.3. The lowest BCUT2D eigenvalue weighted by Crippen LogP contribution is -2.58. The number of aliphatic hydroxyl groups excluding tert-OH is 2. The Hall–Kier alpha value is -3.59. The predicted octanol–water partition coefficient (Wildman–Crippen LogP) is 12.9. The molecule has 5 N–H and O–H groups in total. The monoisotopic (exact) mass is 1240 g/mol. The second-order valence-electron chi connectivity index (χ2n) is 18.7. The minimum Gasteiger partial charge on any atom is -0.444 e. The quantitative estimate of drug-likeness (QED) is 0.0730. The predicted molar refractivity (Wildman–Crippen MR) is 301 cm³/mol. The molecule has 2 aliphatic rings. The molecule has 412 valence electrons. The van der Waals surface area contributed by atoms with Crippen molar-refractivity contribution in [2.24, 2.45) is 14.1 Å². The number of halogens is 10. The standard InChI is InChI=1S/C27H30Cl4N4O5.C22H22Cl4N4O3.CH2Cl2/c1-27(2,3)40-26(38)35-13-21(16(10-15(35)7-8-36)14-5-6-18(28)19(29)9-14)33-25(37)22-11-17(24(31)39-22)23-20(30)12-32-34(23)4;1-30-20(17(25)9-28-30)14-8-19(33-21(14)26)22(32)29-18-10-27-12(4-5-31)7-13(18)11-2-3-15(23)16(24)6-11;2-1-3/h5-6,9,11-12,15-16,21,36H,7-8,10,13H2,1-4H3,(H,33,37);2-3,6,8-9,12-13,18,27,31H,4-5,7,10H2,1H3,(H,29,32);1H2/t15?,16-,21+;12?,13-,18+;/m00./s1. The van der Waals surface area contributed by atoms with Gasteiger partial charge < -0.3 is 44.6 Å². The summed E-state index contributed by atoms with van der Waals surface area (Å²) in [6.07, 6.45) is 4.51. The van der Waals surface area contributed by atoms with Gasteiger partial charge in [0, 0.05) is 82.5 Å². The van der Waals surface area contributed by atoms with Crippen molar-refractivity contribution in [1.82, 2.24) is 40.4 Å². The molecular formula is C50H54Cl10N8O8. The van der Waals surface area contributed by atoms with E-state index in [1.54, 1.807) is 68.7 Å².